The normalized spacial score (nSPS) is 19.5. The van der Waals surface area contributed by atoms with Crippen molar-refractivity contribution in [1.82, 2.24) is 5.32 Å². The zero-order valence-electron chi connectivity index (χ0n) is 7.28. The molecule has 0 atom stereocenters. The monoisotopic (exact) mass is 140 g/mol. The van der Waals surface area contributed by atoms with Crippen LogP contribution in [-0.2, 0) is 0 Å². The third kappa shape index (κ3) is 1.98. The third-order valence-corrected chi connectivity index (χ3v) is 2.28. The lowest BCUT2D eigenvalue weighted by molar-refractivity contribution is 0.367. The van der Waals surface area contributed by atoms with Crippen molar-refractivity contribution in [3.8, 4) is 0 Å². The van der Waals surface area contributed by atoms with Crippen molar-refractivity contribution in [3.63, 3.8) is 0 Å². The number of hydrogen-bond donors (Lipinski definition) is 1. The summed E-state index contributed by atoms with van der Waals surface area (Å²) in [5.74, 6) is 0.926. The molecule has 1 aliphatic rings. The van der Waals surface area contributed by atoms with E-state index in [1.807, 2.05) is 0 Å². The first-order valence-corrected chi connectivity index (χ1v) is 4.26. The number of nitrogens with one attached hydrogen (secondary N) is 1. The Kier molecular flexibility index (Phi) is 2.35. The van der Waals surface area contributed by atoms with Gasteiger partial charge in [0.15, 0.2) is 0 Å². The van der Waals surface area contributed by atoms with Gasteiger partial charge in [0, 0.05) is 12.1 Å². The van der Waals surface area contributed by atoms with Crippen molar-refractivity contribution in [3.05, 3.63) is 6.54 Å². The fourth-order valence-electron chi connectivity index (χ4n) is 1.29. The van der Waals surface area contributed by atoms with E-state index in [4.69, 9.17) is 0 Å². The van der Waals surface area contributed by atoms with Gasteiger partial charge in [-0.3, -0.25) is 0 Å². The van der Waals surface area contributed by atoms with Crippen molar-refractivity contribution < 1.29 is 0 Å². The minimum absolute atomic E-state index is 0.357. The van der Waals surface area contributed by atoms with E-state index >= 15 is 0 Å². The second-order valence-electron chi connectivity index (χ2n) is 3.75. The van der Waals surface area contributed by atoms with Gasteiger partial charge in [0.1, 0.15) is 0 Å². The molecule has 0 spiro atoms. The van der Waals surface area contributed by atoms with Crippen molar-refractivity contribution in [2.45, 2.75) is 45.6 Å². The molecule has 0 unspecified atom stereocenters. The van der Waals surface area contributed by atoms with Gasteiger partial charge >= 0.3 is 0 Å². The maximum atomic E-state index is 3.45. The molecule has 0 aliphatic heterocycles. The van der Waals surface area contributed by atoms with Crippen LogP contribution < -0.4 is 5.32 Å². The van der Waals surface area contributed by atoms with Crippen LogP contribution in [0, 0.1) is 12.5 Å². The summed E-state index contributed by atoms with van der Waals surface area (Å²) in [5, 5.41) is 3.45. The third-order valence-electron chi connectivity index (χ3n) is 2.28. The predicted molar refractivity (Wildman–Crippen MR) is 44.5 cm³/mol. The van der Waals surface area contributed by atoms with Crippen molar-refractivity contribution in [2.24, 2.45) is 5.92 Å². The molecule has 0 bridgehead atoms. The van der Waals surface area contributed by atoms with E-state index in [1.165, 1.54) is 12.8 Å². The largest absolute Gasteiger partial charge is 0.307 e. The van der Waals surface area contributed by atoms with E-state index in [1.54, 1.807) is 0 Å². The number of rotatable bonds is 4. The molecule has 1 aliphatic carbocycles. The van der Waals surface area contributed by atoms with E-state index in [9.17, 15) is 0 Å². The van der Waals surface area contributed by atoms with Gasteiger partial charge in [0.25, 0.3) is 0 Å². The molecule has 0 saturated heterocycles. The Labute approximate surface area is 64.2 Å². The highest BCUT2D eigenvalue weighted by atomic mass is 15.0. The maximum absolute atomic E-state index is 3.45. The van der Waals surface area contributed by atoms with Gasteiger partial charge in [-0.25, -0.2) is 0 Å². The zero-order chi connectivity index (χ0) is 7.61. The van der Waals surface area contributed by atoms with Gasteiger partial charge in [0.05, 0.1) is 0 Å². The van der Waals surface area contributed by atoms with Gasteiger partial charge in [-0.2, -0.15) is 0 Å². The average molecular weight is 140 g/mol. The fourth-order valence-corrected chi connectivity index (χ4v) is 1.29. The summed E-state index contributed by atoms with van der Waals surface area (Å²) in [7, 11) is 0. The summed E-state index contributed by atoms with van der Waals surface area (Å²) in [6, 6.07) is 0. The Morgan fingerprint density at radius 2 is 2.10 bits per heavy atom. The van der Waals surface area contributed by atoms with E-state index in [0.717, 1.165) is 12.3 Å². The molecule has 0 aromatic heterocycles. The van der Waals surface area contributed by atoms with E-state index in [2.05, 4.69) is 32.6 Å². The summed E-state index contributed by atoms with van der Waals surface area (Å²) in [5.41, 5.74) is 0.357. The summed E-state index contributed by atoms with van der Waals surface area (Å²) in [6.45, 7) is 8.90. The minimum atomic E-state index is 0.357. The van der Waals surface area contributed by atoms with Gasteiger partial charge in [-0.15, -0.1) is 0 Å². The molecule has 1 N–H and O–H groups in total. The van der Waals surface area contributed by atoms with Gasteiger partial charge in [-0.05, 0) is 39.0 Å². The Morgan fingerprint density at radius 3 is 2.50 bits per heavy atom. The lowest BCUT2D eigenvalue weighted by Gasteiger charge is -2.25. The highest BCUT2D eigenvalue weighted by molar-refractivity contribution is 4.95. The highest BCUT2D eigenvalue weighted by Crippen LogP contribution is 2.39. The lowest BCUT2D eigenvalue weighted by Crippen LogP contribution is -2.39. The fraction of sp³-hybridized carbons (Fsp3) is 0.889. The van der Waals surface area contributed by atoms with Crippen LogP contribution in [0.3, 0.4) is 0 Å². The summed E-state index contributed by atoms with van der Waals surface area (Å²) in [6.07, 6.45) is 3.95. The zero-order valence-corrected chi connectivity index (χ0v) is 7.28. The topological polar surface area (TPSA) is 12.0 Å². The molecular weight excluding hydrogens is 122 g/mol. The van der Waals surface area contributed by atoms with Gasteiger partial charge in [-0.1, -0.05) is 6.92 Å². The van der Waals surface area contributed by atoms with Crippen molar-refractivity contribution in [1.29, 1.82) is 0 Å². The first kappa shape index (κ1) is 8.06. The molecular formula is C9H18N. The molecule has 0 amide bonds. The maximum Gasteiger partial charge on any atom is 0.0223 e. The predicted octanol–water partition coefficient (Wildman–Crippen LogP) is 2.34. The van der Waals surface area contributed by atoms with Crippen LogP contribution in [0.4, 0.5) is 0 Å². The van der Waals surface area contributed by atoms with Crippen LogP contribution in [0.2, 0.25) is 0 Å². The summed E-state index contributed by atoms with van der Waals surface area (Å²) in [4.78, 5) is 0. The SMILES string of the molecule is CC[CH]NC(C)(C)C1CC1. The molecule has 0 aromatic rings. The van der Waals surface area contributed by atoms with E-state index < -0.39 is 0 Å². The van der Waals surface area contributed by atoms with Crippen LogP contribution in [0.5, 0.6) is 0 Å². The van der Waals surface area contributed by atoms with Crippen LogP contribution in [-0.4, -0.2) is 5.54 Å². The van der Waals surface area contributed by atoms with E-state index in [0.29, 0.717) is 5.54 Å². The molecule has 0 heterocycles. The molecule has 1 nitrogen and oxygen atoms in total. The van der Waals surface area contributed by atoms with E-state index in [-0.39, 0.29) is 0 Å². The molecule has 59 valence electrons. The van der Waals surface area contributed by atoms with Crippen molar-refractivity contribution in [2.75, 3.05) is 0 Å². The smallest absolute Gasteiger partial charge is 0.0223 e. The first-order valence-electron chi connectivity index (χ1n) is 4.26. The van der Waals surface area contributed by atoms with Crippen LogP contribution >= 0.6 is 0 Å². The Hall–Kier alpha value is -0.0400. The number of hydrogen-bond acceptors (Lipinski definition) is 1. The van der Waals surface area contributed by atoms with Crippen LogP contribution in [0.25, 0.3) is 0 Å². The second-order valence-corrected chi connectivity index (χ2v) is 3.75. The molecule has 1 rings (SSSR count). The van der Waals surface area contributed by atoms with Gasteiger partial charge in [0.2, 0.25) is 0 Å². The van der Waals surface area contributed by atoms with Crippen LogP contribution in [0.15, 0.2) is 0 Å². The Balaban J connectivity index is 2.20. The van der Waals surface area contributed by atoms with Crippen molar-refractivity contribution >= 4 is 0 Å². The summed E-state index contributed by atoms with van der Waals surface area (Å²) < 4.78 is 0. The lowest BCUT2D eigenvalue weighted by atomic mass is 9.99. The minimum Gasteiger partial charge on any atom is -0.307 e. The highest BCUT2D eigenvalue weighted by Gasteiger charge is 2.36. The molecule has 1 fully saturated rings. The molecule has 1 heteroatoms. The average Bonchev–Trinajstić information content (AvgIpc) is 2.64. The molecule has 1 radical (unpaired) electrons. The summed E-state index contributed by atoms with van der Waals surface area (Å²) >= 11 is 0. The quantitative estimate of drug-likeness (QED) is 0.632. The molecule has 10 heavy (non-hydrogen) atoms. The Morgan fingerprint density at radius 1 is 1.50 bits per heavy atom. The van der Waals surface area contributed by atoms with Gasteiger partial charge < -0.3 is 5.32 Å². The standard InChI is InChI=1S/C9H18N/c1-4-7-10-9(2,3)8-5-6-8/h7-8,10H,4-6H2,1-3H3. The van der Waals surface area contributed by atoms with Crippen LogP contribution in [0.1, 0.15) is 40.0 Å². The second kappa shape index (κ2) is 2.91. The molecule has 0 aromatic carbocycles. The Bertz CT molecular complexity index is 103. The first-order chi connectivity index (χ1) is 4.67. The molecule has 1 saturated carbocycles.